The standard InChI is InChI=1S/C6H5F5P/c7-12(8,9,10,11)6-4-2-1-3-5-6/h1-5H/q-1. The summed E-state index contributed by atoms with van der Waals surface area (Å²) in [6.45, 7) is 0. The van der Waals surface area contributed by atoms with Crippen molar-refractivity contribution in [1.82, 2.24) is 0 Å². The predicted molar refractivity (Wildman–Crippen MR) is 38.5 cm³/mol. The molecule has 0 heterocycles. The Balaban J connectivity index is 3.36. The molecule has 0 aliphatic carbocycles. The first kappa shape index (κ1) is 9.39. The summed E-state index contributed by atoms with van der Waals surface area (Å²) in [6.07, 6.45) is 0. The summed E-state index contributed by atoms with van der Waals surface area (Å²) in [5, 5.41) is -1.83. The first-order valence-corrected chi connectivity index (χ1v) is 5.12. The number of rotatable bonds is 1. The van der Waals surface area contributed by atoms with Crippen LogP contribution in [0.25, 0.3) is 0 Å². The summed E-state index contributed by atoms with van der Waals surface area (Å²) in [6, 6.07) is 3.84. The maximum absolute atomic E-state index is 12.0. The van der Waals surface area contributed by atoms with Crippen molar-refractivity contribution < 1.29 is 21.0 Å². The van der Waals surface area contributed by atoms with Gasteiger partial charge in [-0.2, -0.15) is 0 Å². The second kappa shape index (κ2) is 1.79. The van der Waals surface area contributed by atoms with E-state index < -0.39 is 12.8 Å². The van der Waals surface area contributed by atoms with Crippen LogP contribution in [0, 0.1) is 0 Å². The molecule has 0 nitrogen and oxygen atoms in total. The molecule has 0 spiro atoms. The molecule has 0 radical (unpaired) electrons. The van der Waals surface area contributed by atoms with Crippen molar-refractivity contribution in [3.63, 3.8) is 0 Å². The Morgan fingerprint density at radius 1 is 0.750 bits per heavy atom. The van der Waals surface area contributed by atoms with Crippen molar-refractivity contribution in [2.24, 2.45) is 0 Å². The van der Waals surface area contributed by atoms with Crippen LogP contribution in [0.4, 0.5) is 21.0 Å². The van der Waals surface area contributed by atoms with Gasteiger partial charge in [-0.1, -0.05) is 0 Å². The van der Waals surface area contributed by atoms with Crippen molar-refractivity contribution in [2.45, 2.75) is 0 Å². The summed E-state index contributed by atoms with van der Waals surface area (Å²) in [4.78, 5) is 0. The monoisotopic (exact) mass is 203 g/mol. The van der Waals surface area contributed by atoms with E-state index in [4.69, 9.17) is 0 Å². The van der Waals surface area contributed by atoms with E-state index in [-0.39, 0.29) is 0 Å². The first-order valence-electron chi connectivity index (χ1n) is 2.98. The minimum absolute atomic E-state index is 0.371. The average Bonchev–Trinajstić information content (AvgIpc) is 1.85. The summed E-state index contributed by atoms with van der Waals surface area (Å²) in [5.41, 5.74) is 0. The van der Waals surface area contributed by atoms with Gasteiger partial charge in [-0.05, 0) is 0 Å². The Morgan fingerprint density at radius 2 is 1.17 bits per heavy atom. The maximum atomic E-state index is 12.0. The van der Waals surface area contributed by atoms with Gasteiger partial charge < -0.3 is 0 Å². The van der Waals surface area contributed by atoms with Crippen LogP contribution in [-0.2, 0) is 0 Å². The topological polar surface area (TPSA) is 0 Å². The number of benzene rings is 1. The molecule has 12 heavy (non-hydrogen) atoms. The van der Waals surface area contributed by atoms with E-state index in [1.54, 1.807) is 0 Å². The Kier molecular flexibility index (Phi) is 1.40. The fourth-order valence-electron chi connectivity index (χ4n) is 0.710. The Morgan fingerprint density at radius 3 is 1.42 bits per heavy atom. The molecule has 0 unspecified atom stereocenters. The molecule has 0 amide bonds. The van der Waals surface area contributed by atoms with Gasteiger partial charge in [-0.25, -0.2) is 0 Å². The molecular weight excluding hydrogens is 198 g/mol. The molecule has 0 saturated carbocycles. The second-order valence-electron chi connectivity index (χ2n) is 2.40. The fourth-order valence-corrected chi connectivity index (χ4v) is 1.45. The summed E-state index contributed by atoms with van der Waals surface area (Å²) in [7, 11) is -9.64. The Hall–Kier alpha value is -0.700. The Bertz CT molecular complexity index is 285. The molecule has 0 atom stereocenters. The zero-order chi connectivity index (χ0) is 9.52. The SMILES string of the molecule is F[P-](F)(F)(F)(F)c1ccccc1. The van der Waals surface area contributed by atoms with Gasteiger partial charge in [0, 0.05) is 0 Å². The van der Waals surface area contributed by atoms with Crippen LogP contribution >= 0.6 is 7.50 Å². The third-order valence-electron chi connectivity index (χ3n) is 1.24. The second-order valence-corrected chi connectivity index (χ2v) is 5.04. The number of hydrogen-bond acceptors (Lipinski definition) is 0. The minimum atomic E-state index is -9.64. The molecule has 0 fully saturated rings. The van der Waals surface area contributed by atoms with Crippen LogP contribution in [0.5, 0.6) is 0 Å². The van der Waals surface area contributed by atoms with E-state index in [1.807, 2.05) is 0 Å². The molecule has 0 aromatic heterocycles. The van der Waals surface area contributed by atoms with E-state index in [9.17, 15) is 21.0 Å². The van der Waals surface area contributed by atoms with Gasteiger partial charge in [0.25, 0.3) is 0 Å². The molecule has 1 rings (SSSR count). The summed E-state index contributed by atoms with van der Waals surface area (Å²) in [5.74, 6) is 0. The molecule has 6 heteroatoms. The molecule has 1 aromatic carbocycles. The molecule has 0 bridgehead atoms. The van der Waals surface area contributed by atoms with Gasteiger partial charge in [0.15, 0.2) is 0 Å². The summed E-state index contributed by atoms with van der Waals surface area (Å²) >= 11 is 0. The Labute approximate surface area is 65.1 Å². The van der Waals surface area contributed by atoms with Crippen LogP contribution in [0.3, 0.4) is 0 Å². The van der Waals surface area contributed by atoms with Crippen LogP contribution in [-0.4, -0.2) is 0 Å². The van der Waals surface area contributed by atoms with Gasteiger partial charge >= 0.3 is 64.1 Å². The van der Waals surface area contributed by atoms with Crippen molar-refractivity contribution in [1.29, 1.82) is 0 Å². The van der Waals surface area contributed by atoms with E-state index in [1.165, 1.54) is 6.07 Å². The zero-order valence-corrected chi connectivity index (χ0v) is 6.62. The third kappa shape index (κ3) is 2.14. The molecule has 1 aromatic rings. The number of hydrogen-bond donors (Lipinski definition) is 0. The third-order valence-corrected chi connectivity index (χ3v) is 2.52. The van der Waals surface area contributed by atoms with Crippen molar-refractivity contribution in [2.75, 3.05) is 0 Å². The van der Waals surface area contributed by atoms with Gasteiger partial charge in [0.1, 0.15) is 0 Å². The molecular formula is C6H5F5P-. The molecule has 0 saturated heterocycles. The molecule has 0 aliphatic rings. The van der Waals surface area contributed by atoms with Crippen LogP contribution in [0.15, 0.2) is 30.3 Å². The van der Waals surface area contributed by atoms with Crippen LogP contribution in [0.1, 0.15) is 0 Å². The summed E-state index contributed by atoms with van der Waals surface area (Å²) < 4.78 is 59.8. The average molecular weight is 203 g/mol. The fraction of sp³-hybridized carbons (Fsp3) is 0. The van der Waals surface area contributed by atoms with Gasteiger partial charge in [0.2, 0.25) is 0 Å². The van der Waals surface area contributed by atoms with Gasteiger partial charge in [0.05, 0.1) is 0 Å². The van der Waals surface area contributed by atoms with Crippen molar-refractivity contribution in [3.8, 4) is 0 Å². The predicted octanol–water partition coefficient (Wildman–Crippen LogP) is 3.82. The molecule has 70 valence electrons. The van der Waals surface area contributed by atoms with Crippen LogP contribution < -0.4 is 5.30 Å². The van der Waals surface area contributed by atoms with Crippen molar-refractivity contribution in [3.05, 3.63) is 30.3 Å². The van der Waals surface area contributed by atoms with Crippen molar-refractivity contribution >= 4 is 12.8 Å². The molecule has 0 N–H and O–H groups in total. The number of halogens is 5. The van der Waals surface area contributed by atoms with Gasteiger partial charge in [-0.3, -0.25) is 0 Å². The van der Waals surface area contributed by atoms with Crippen LogP contribution in [0.2, 0.25) is 0 Å². The van der Waals surface area contributed by atoms with E-state index in [0.717, 1.165) is 12.1 Å². The molecule has 0 aliphatic heterocycles. The normalized spacial score (nSPS) is 18.1. The van der Waals surface area contributed by atoms with E-state index in [0.29, 0.717) is 12.1 Å². The van der Waals surface area contributed by atoms with E-state index in [2.05, 4.69) is 0 Å². The van der Waals surface area contributed by atoms with Gasteiger partial charge in [-0.15, -0.1) is 0 Å². The quantitative estimate of drug-likeness (QED) is 0.480. The zero-order valence-electron chi connectivity index (χ0n) is 5.72. The first-order chi connectivity index (χ1) is 5.09. The van der Waals surface area contributed by atoms with E-state index >= 15 is 0 Å².